The number of hydrogen-bond acceptors (Lipinski definition) is 8. The summed E-state index contributed by atoms with van der Waals surface area (Å²) < 4.78 is 11.0. The van der Waals surface area contributed by atoms with E-state index < -0.39 is 35.0 Å². The summed E-state index contributed by atoms with van der Waals surface area (Å²) in [4.78, 5) is 65.7. The minimum Gasteiger partial charge on any atom is -0.422 e. The summed E-state index contributed by atoms with van der Waals surface area (Å²) >= 11 is 0. The van der Waals surface area contributed by atoms with Crippen molar-refractivity contribution in [1.29, 1.82) is 0 Å². The van der Waals surface area contributed by atoms with E-state index in [1.807, 2.05) is 30.3 Å². The van der Waals surface area contributed by atoms with Crippen molar-refractivity contribution in [3.05, 3.63) is 59.7 Å². The van der Waals surface area contributed by atoms with Crippen LogP contribution >= 0.6 is 0 Å². The summed E-state index contributed by atoms with van der Waals surface area (Å²) in [6.07, 6.45) is 0.976. The number of nitrogens with one attached hydrogen (secondary N) is 2. The van der Waals surface area contributed by atoms with Gasteiger partial charge in [0.25, 0.3) is 0 Å². The molecule has 1 saturated heterocycles. The fraction of sp³-hybridized carbons (Fsp3) is 0.485. The molecule has 2 aromatic carbocycles. The average molecular weight is 594 g/mol. The van der Waals surface area contributed by atoms with E-state index in [2.05, 4.69) is 10.6 Å². The summed E-state index contributed by atoms with van der Waals surface area (Å²) in [5, 5.41) is 5.85. The highest BCUT2D eigenvalue weighted by atomic mass is 16.6. The van der Waals surface area contributed by atoms with E-state index >= 15 is 0 Å². The molecule has 0 radical (unpaired) electrons. The van der Waals surface area contributed by atoms with Crippen LogP contribution in [0.1, 0.15) is 77.2 Å². The highest BCUT2D eigenvalue weighted by Gasteiger charge is 2.34. The Morgan fingerprint density at radius 1 is 0.884 bits per heavy atom. The van der Waals surface area contributed by atoms with Gasteiger partial charge in [0.2, 0.25) is 11.8 Å². The van der Waals surface area contributed by atoms with E-state index in [1.165, 1.54) is 18.2 Å². The third-order valence-electron chi connectivity index (χ3n) is 6.90. The fourth-order valence-corrected chi connectivity index (χ4v) is 4.27. The molecule has 0 spiro atoms. The number of likely N-dealkylation sites (tertiary alicyclic amines) is 1. The predicted molar refractivity (Wildman–Crippen MR) is 161 cm³/mol. The van der Waals surface area contributed by atoms with Gasteiger partial charge in [-0.3, -0.25) is 29.3 Å². The number of carbonyl (C=O) groups excluding carboxylic acids is 5. The minimum atomic E-state index is -0.832. The molecule has 1 heterocycles. The lowest BCUT2D eigenvalue weighted by Gasteiger charge is -2.26. The first-order valence-corrected chi connectivity index (χ1v) is 14.5. The number of esters is 2. The molecule has 2 N–H and O–H groups in total. The summed E-state index contributed by atoms with van der Waals surface area (Å²) in [6.45, 7) is 12.3. The molecule has 3 rings (SSSR count). The maximum Gasteiger partial charge on any atom is 0.316 e. The Morgan fingerprint density at radius 3 is 2.09 bits per heavy atom. The number of ether oxygens (including phenoxy) is 2. The fourth-order valence-electron chi connectivity index (χ4n) is 4.27. The first kappa shape index (κ1) is 33.5. The summed E-state index contributed by atoms with van der Waals surface area (Å²) in [6, 6.07) is 13.1. The Morgan fingerprint density at radius 2 is 1.49 bits per heavy atom. The van der Waals surface area contributed by atoms with Crippen molar-refractivity contribution in [3.8, 4) is 11.5 Å². The summed E-state index contributed by atoms with van der Waals surface area (Å²) in [5.41, 5.74) is -0.507. The van der Waals surface area contributed by atoms with Crippen LogP contribution in [0.25, 0.3) is 0 Å². The van der Waals surface area contributed by atoms with Crippen molar-refractivity contribution in [2.45, 2.75) is 79.9 Å². The normalized spacial score (nSPS) is 15.9. The number of hydrogen-bond donors (Lipinski definition) is 2. The van der Waals surface area contributed by atoms with Gasteiger partial charge in [-0.05, 0) is 85.1 Å². The van der Waals surface area contributed by atoms with E-state index in [4.69, 9.17) is 9.47 Å². The number of amides is 2. The smallest absolute Gasteiger partial charge is 0.316 e. The molecule has 1 fully saturated rings. The van der Waals surface area contributed by atoms with Gasteiger partial charge in [0.1, 0.15) is 6.04 Å². The average Bonchev–Trinajstić information content (AvgIpc) is 3.42. The lowest BCUT2D eigenvalue weighted by Crippen LogP contribution is -2.52. The molecule has 0 aromatic heterocycles. The standard InChI is InChI=1S/C33H43N3O7/c1-21(35-29(39)24-14-11-17-36(24)28(38)18-22-12-9-8-10-13-22)34-20-25(37)23-15-16-26(42-30(40)32(2,3)4)27(19-23)43-31(41)33(5,6)7/h8-10,12-13,15-16,19,21,24,34H,11,14,17-18,20H2,1-7H3,(H,35,39). The summed E-state index contributed by atoms with van der Waals surface area (Å²) in [5.74, 6) is -1.79. The van der Waals surface area contributed by atoms with Crippen molar-refractivity contribution in [2.75, 3.05) is 13.1 Å². The maximum atomic E-state index is 13.1. The first-order chi connectivity index (χ1) is 20.1. The Hall–Kier alpha value is -4.05. The molecule has 2 amide bonds. The first-order valence-electron chi connectivity index (χ1n) is 14.5. The van der Waals surface area contributed by atoms with Gasteiger partial charge >= 0.3 is 11.9 Å². The van der Waals surface area contributed by atoms with Crippen molar-refractivity contribution >= 4 is 29.5 Å². The molecule has 232 valence electrons. The molecule has 10 nitrogen and oxygen atoms in total. The van der Waals surface area contributed by atoms with E-state index in [0.717, 1.165) is 12.0 Å². The summed E-state index contributed by atoms with van der Waals surface area (Å²) in [7, 11) is 0. The quantitative estimate of drug-likeness (QED) is 0.183. The maximum absolute atomic E-state index is 13.1. The zero-order valence-corrected chi connectivity index (χ0v) is 26.1. The molecule has 0 aliphatic carbocycles. The molecule has 1 aliphatic rings. The molecule has 2 aromatic rings. The molecule has 0 bridgehead atoms. The van der Waals surface area contributed by atoms with Gasteiger partial charge in [-0.2, -0.15) is 0 Å². The largest absolute Gasteiger partial charge is 0.422 e. The van der Waals surface area contributed by atoms with E-state index in [1.54, 1.807) is 53.4 Å². The van der Waals surface area contributed by atoms with Gasteiger partial charge in [0, 0.05) is 12.1 Å². The zero-order chi connectivity index (χ0) is 31.9. The van der Waals surface area contributed by atoms with Crippen LogP contribution in [0.3, 0.4) is 0 Å². The van der Waals surface area contributed by atoms with Crippen molar-refractivity contribution in [3.63, 3.8) is 0 Å². The lowest BCUT2D eigenvalue weighted by molar-refractivity contribution is -0.145. The van der Waals surface area contributed by atoms with E-state index in [-0.39, 0.29) is 47.6 Å². The van der Waals surface area contributed by atoms with Crippen LogP contribution in [-0.2, 0) is 25.6 Å². The minimum absolute atomic E-state index is 0.0330. The molecular weight excluding hydrogens is 550 g/mol. The van der Waals surface area contributed by atoms with Gasteiger partial charge < -0.3 is 19.7 Å². The van der Waals surface area contributed by atoms with Crippen LogP contribution in [0.5, 0.6) is 11.5 Å². The number of benzene rings is 2. The SMILES string of the molecule is CC(NCC(=O)c1ccc(OC(=O)C(C)(C)C)c(OC(=O)C(C)(C)C)c1)NC(=O)C1CCCN1C(=O)Cc1ccccc1. The lowest BCUT2D eigenvalue weighted by atomic mass is 9.97. The Labute approximate surface area is 253 Å². The third-order valence-corrected chi connectivity index (χ3v) is 6.90. The van der Waals surface area contributed by atoms with Crippen LogP contribution < -0.4 is 20.1 Å². The second kappa shape index (κ2) is 13.9. The predicted octanol–water partition coefficient (Wildman–Crippen LogP) is 4.06. The van der Waals surface area contributed by atoms with Crippen LogP contribution in [0, 0.1) is 10.8 Å². The highest BCUT2D eigenvalue weighted by Crippen LogP contribution is 2.32. The number of carbonyl (C=O) groups is 5. The zero-order valence-electron chi connectivity index (χ0n) is 26.1. The van der Waals surface area contributed by atoms with Crippen LogP contribution in [0.4, 0.5) is 0 Å². The van der Waals surface area contributed by atoms with Gasteiger partial charge in [0.05, 0.1) is 30.0 Å². The monoisotopic (exact) mass is 593 g/mol. The van der Waals surface area contributed by atoms with Crippen LogP contribution in [0.15, 0.2) is 48.5 Å². The molecule has 2 unspecified atom stereocenters. The highest BCUT2D eigenvalue weighted by molar-refractivity contribution is 5.98. The Bertz CT molecular complexity index is 1340. The van der Waals surface area contributed by atoms with Crippen LogP contribution in [-0.4, -0.2) is 59.7 Å². The number of Topliss-reactive ketones (excluding diaryl/α,β-unsaturated/α-hetero) is 1. The Balaban J connectivity index is 1.62. The van der Waals surface area contributed by atoms with Crippen LogP contribution in [0.2, 0.25) is 0 Å². The number of rotatable bonds is 10. The van der Waals surface area contributed by atoms with Crippen molar-refractivity contribution < 1.29 is 33.4 Å². The van der Waals surface area contributed by atoms with Crippen molar-refractivity contribution in [2.24, 2.45) is 10.8 Å². The topological polar surface area (TPSA) is 131 Å². The molecule has 1 aliphatic heterocycles. The number of nitrogens with zero attached hydrogens (tertiary/aromatic N) is 1. The van der Waals surface area contributed by atoms with E-state index in [0.29, 0.717) is 13.0 Å². The van der Waals surface area contributed by atoms with Gasteiger partial charge in [-0.1, -0.05) is 30.3 Å². The van der Waals surface area contributed by atoms with Gasteiger partial charge in [-0.25, -0.2) is 0 Å². The molecule has 43 heavy (non-hydrogen) atoms. The van der Waals surface area contributed by atoms with Gasteiger partial charge in [0.15, 0.2) is 17.3 Å². The third kappa shape index (κ3) is 9.47. The Kier molecular flexibility index (Phi) is 10.9. The molecule has 0 saturated carbocycles. The molecule has 2 atom stereocenters. The van der Waals surface area contributed by atoms with Gasteiger partial charge in [-0.15, -0.1) is 0 Å². The molecule has 10 heteroatoms. The molecular formula is C33H43N3O7. The van der Waals surface area contributed by atoms with Crippen molar-refractivity contribution in [1.82, 2.24) is 15.5 Å². The van der Waals surface area contributed by atoms with E-state index in [9.17, 15) is 24.0 Å². The second-order valence-corrected chi connectivity index (χ2v) is 12.9. The second-order valence-electron chi connectivity index (χ2n) is 12.9. The number of ketones is 1.